The number of carbonyl (C=O) groups is 1. The van der Waals surface area contributed by atoms with Gasteiger partial charge in [0, 0.05) is 19.1 Å². The van der Waals surface area contributed by atoms with Crippen LogP contribution in [0.2, 0.25) is 5.02 Å². The zero-order valence-electron chi connectivity index (χ0n) is 16.7. The molecule has 1 N–H and O–H groups in total. The number of hydrogen-bond acceptors (Lipinski definition) is 3. The van der Waals surface area contributed by atoms with Crippen LogP contribution in [0.15, 0.2) is 36.4 Å². The molecular weight excluding hydrogens is 433 g/mol. The summed E-state index contributed by atoms with van der Waals surface area (Å²) in [6, 6.07) is 8.46. The topological polar surface area (TPSA) is 50.8 Å². The number of fused-ring (bicyclic) bond motifs is 1. The second-order valence-corrected chi connectivity index (χ2v) is 8.04. The Kier molecular flexibility index (Phi) is 6.18. The molecule has 0 aromatic heterocycles. The van der Waals surface area contributed by atoms with Crippen molar-refractivity contribution in [2.45, 2.75) is 38.0 Å². The fraction of sp³-hybridized carbons (Fsp3) is 0.409. The molecule has 31 heavy (non-hydrogen) atoms. The quantitative estimate of drug-likeness (QED) is 0.664. The standard InChI is InChI=1S/C22H22ClF3N2O3/c23-18-11-15(12-19-20(18)31-10-9-30-19)7-8-27-21(29)28(17-5-6-17)13-14-1-3-16(4-2-14)22(24,25)26/h1-4,11-12,17H,5-10,13H2,(H,27,29). The van der Waals surface area contributed by atoms with Crippen LogP contribution in [0.5, 0.6) is 11.5 Å². The van der Waals surface area contributed by atoms with E-state index in [0.717, 1.165) is 30.5 Å². The molecule has 0 atom stereocenters. The molecule has 0 bridgehead atoms. The van der Waals surface area contributed by atoms with Crippen LogP contribution >= 0.6 is 11.6 Å². The molecule has 1 fully saturated rings. The minimum atomic E-state index is -4.37. The Labute approximate surface area is 183 Å². The van der Waals surface area contributed by atoms with Gasteiger partial charge in [-0.1, -0.05) is 23.7 Å². The summed E-state index contributed by atoms with van der Waals surface area (Å²) in [6.45, 7) is 1.58. The second kappa shape index (κ2) is 8.86. The van der Waals surface area contributed by atoms with E-state index in [1.807, 2.05) is 6.07 Å². The highest BCUT2D eigenvalue weighted by molar-refractivity contribution is 6.32. The van der Waals surface area contributed by atoms with Crippen LogP contribution in [0.4, 0.5) is 18.0 Å². The van der Waals surface area contributed by atoms with E-state index >= 15 is 0 Å². The van der Waals surface area contributed by atoms with E-state index < -0.39 is 11.7 Å². The van der Waals surface area contributed by atoms with Gasteiger partial charge in [0.05, 0.1) is 10.6 Å². The van der Waals surface area contributed by atoms with Gasteiger partial charge in [-0.15, -0.1) is 0 Å². The first-order valence-electron chi connectivity index (χ1n) is 10.1. The third-order valence-electron chi connectivity index (χ3n) is 5.23. The van der Waals surface area contributed by atoms with E-state index in [1.165, 1.54) is 12.1 Å². The first-order chi connectivity index (χ1) is 14.8. The molecule has 1 aliphatic heterocycles. The maximum Gasteiger partial charge on any atom is 0.416 e. The van der Waals surface area contributed by atoms with Crippen LogP contribution in [0.25, 0.3) is 0 Å². The van der Waals surface area contributed by atoms with Gasteiger partial charge >= 0.3 is 12.2 Å². The molecule has 0 unspecified atom stereocenters. The number of nitrogens with one attached hydrogen (secondary N) is 1. The zero-order chi connectivity index (χ0) is 22.0. The minimum Gasteiger partial charge on any atom is -0.486 e. The highest BCUT2D eigenvalue weighted by atomic mass is 35.5. The smallest absolute Gasteiger partial charge is 0.416 e. The SMILES string of the molecule is O=C(NCCc1cc(Cl)c2c(c1)OCCO2)N(Cc1ccc(C(F)(F)F)cc1)C1CC1. The van der Waals surface area contributed by atoms with Crippen LogP contribution < -0.4 is 14.8 Å². The molecular formula is C22H22ClF3N2O3. The van der Waals surface area contributed by atoms with Gasteiger partial charge in [-0.25, -0.2) is 4.79 Å². The Hall–Kier alpha value is -2.61. The average molecular weight is 455 g/mol. The van der Waals surface area contributed by atoms with Crippen molar-refractivity contribution in [3.63, 3.8) is 0 Å². The van der Waals surface area contributed by atoms with Gasteiger partial charge in [-0.3, -0.25) is 0 Å². The van der Waals surface area contributed by atoms with Gasteiger partial charge in [-0.05, 0) is 54.7 Å². The Bertz CT molecular complexity index is 946. The van der Waals surface area contributed by atoms with E-state index in [0.29, 0.717) is 48.3 Å². The predicted molar refractivity (Wildman–Crippen MR) is 110 cm³/mol. The summed E-state index contributed by atoms with van der Waals surface area (Å²) in [6.07, 6.45) is -2.03. The van der Waals surface area contributed by atoms with E-state index in [-0.39, 0.29) is 18.6 Å². The van der Waals surface area contributed by atoms with Crippen molar-refractivity contribution in [1.29, 1.82) is 0 Å². The van der Waals surface area contributed by atoms with E-state index in [4.69, 9.17) is 21.1 Å². The lowest BCUT2D eigenvalue weighted by Crippen LogP contribution is -2.41. The van der Waals surface area contributed by atoms with Gasteiger partial charge in [0.25, 0.3) is 0 Å². The van der Waals surface area contributed by atoms with Crippen LogP contribution in [0, 0.1) is 0 Å². The van der Waals surface area contributed by atoms with Gasteiger partial charge < -0.3 is 19.7 Å². The number of amides is 2. The molecule has 1 saturated carbocycles. The van der Waals surface area contributed by atoms with Gasteiger partial charge in [0.1, 0.15) is 13.2 Å². The first-order valence-corrected chi connectivity index (χ1v) is 10.5. The molecule has 5 nitrogen and oxygen atoms in total. The molecule has 2 aromatic rings. The van der Waals surface area contributed by atoms with Crippen LogP contribution in [-0.4, -0.2) is 36.7 Å². The molecule has 166 valence electrons. The number of nitrogens with zero attached hydrogens (tertiary/aromatic N) is 1. The molecule has 2 aromatic carbocycles. The summed E-state index contributed by atoms with van der Waals surface area (Å²) in [5.74, 6) is 1.14. The van der Waals surface area contributed by atoms with Crippen molar-refractivity contribution < 1.29 is 27.4 Å². The summed E-state index contributed by atoms with van der Waals surface area (Å²) >= 11 is 6.25. The summed E-state index contributed by atoms with van der Waals surface area (Å²) < 4.78 is 49.3. The Morgan fingerprint density at radius 1 is 1.10 bits per heavy atom. The fourth-order valence-corrected chi connectivity index (χ4v) is 3.76. The molecule has 2 aliphatic rings. The normalized spacial score (nSPS) is 15.5. The lowest BCUT2D eigenvalue weighted by Gasteiger charge is -2.23. The molecule has 4 rings (SSSR count). The number of halogens is 4. The Balaban J connectivity index is 1.34. The van der Waals surface area contributed by atoms with Gasteiger partial charge in [0.15, 0.2) is 11.5 Å². The maximum absolute atomic E-state index is 12.7. The van der Waals surface area contributed by atoms with Crippen LogP contribution in [-0.2, 0) is 19.1 Å². The number of hydrogen-bond donors (Lipinski definition) is 1. The summed E-state index contributed by atoms with van der Waals surface area (Å²) in [4.78, 5) is 14.4. The summed E-state index contributed by atoms with van der Waals surface area (Å²) in [7, 11) is 0. The number of alkyl halides is 3. The molecule has 9 heteroatoms. The predicted octanol–water partition coefficient (Wildman–Crippen LogP) is 5.05. The maximum atomic E-state index is 12.7. The molecule has 0 radical (unpaired) electrons. The first kappa shape index (κ1) is 21.6. The monoisotopic (exact) mass is 454 g/mol. The lowest BCUT2D eigenvalue weighted by molar-refractivity contribution is -0.137. The number of carbonyl (C=O) groups excluding carboxylic acids is 1. The van der Waals surface area contributed by atoms with Crippen molar-refractivity contribution in [3.05, 3.63) is 58.1 Å². The van der Waals surface area contributed by atoms with Gasteiger partial charge in [0.2, 0.25) is 0 Å². The Morgan fingerprint density at radius 2 is 1.81 bits per heavy atom. The largest absolute Gasteiger partial charge is 0.486 e. The molecule has 0 spiro atoms. The zero-order valence-corrected chi connectivity index (χ0v) is 17.4. The third kappa shape index (κ3) is 5.36. The van der Waals surface area contributed by atoms with Crippen molar-refractivity contribution in [1.82, 2.24) is 10.2 Å². The number of ether oxygens (including phenoxy) is 2. The van der Waals surface area contributed by atoms with Crippen molar-refractivity contribution >= 4 is 17.6 Å². The molecule has 1 aliphatic carbocycles. The summed E-state index contributed by atoms with van der Waals surface area (Å²) in [5, 5.41) is 3.37. The number of urea groups is 1. The fourth-order valence-electron chi connectivity index (χ4n) is 3.47. The van der Waals surface area contributed by atoms with E-state index in [1.54, 1.807) is 11.0 Å². The van der Waals surface area contributed by atoms with Crippen LogP contribution in [0.1, 0.15) is 29.5 Å². The highest BCUT2D eigenvalue weighted by Gasteiger charge is 2.33. The summed E-state index contributed by atoms with van der Waals surface area (Å²) in [5.41, 5.74) is 0.876. The third-order valence-corrected chi connectivity index (χ3v) is 5.51. The van der Waals surface area contributed by atoms with E-state index in [9.17, 15) is 18.0 Å². The van der Waals surface area contributed by atoms with Crippen molar-refractivity contribution in [2.24, 2.45) is 0 Å². The second-order valence-electron chi connectivity index (χ2n) is 7.64. The lowest BCUT2D eigenvalue weighted by atomic mass is 10.1. The number of benzene rings is 2. The minimum absolute atomic E-state index is 0.117. The van der Waals surface area contributed by atoms with Crippen molar-refractivity contribution in [3.8, 4) is 11.5 Å². The molecule has 2 amide bonds. The van der Waals surface area contributed by atoms with E-state index in [2.05, 4.69) is 5.32 Å². The average Bonchev–Trinajstić information content (AvgIpc) is 3.57. The molecule has 0 saturated heterocycles. The Morgan fingerprint density at radius 3 is 2.48 bits per heavy atom. The molecule has 1 heterocycles. The number of rotatable bonds is 6. The van der Waals surface area contributed by atoms with Gasteiger partial charge in [-0.2, -0.15) is 13.2 Å². The highest BCUT2D eigenvalue weighted by Crippen LogP contribution is 2.38. The van der Waals surface area contributed by atoms with Crippen molar-refractivity contribution in [2.75, 3.05) is 19.8 Å². The van der Waals surface area contributed by atoms with Crippen LogP contribution in [0.3, 0.4) is 0 Å².